The lowest BCUT2D eigenvalue weighted by Crippen LogP contribution is -2.55. The van der Waals surface area contributed by atoms with Crippen molar-refractivity contribution >= 4 is 23.5 Å². The number of esters is 1. The maximum atomic E-state index is 15.8. The summed E-state index contributed by atoms with van der Waals surface area (Å²) in [4.78, 5) is 50.8. The number of likely N-dealkylation sites (tertiary alicyclic amines) is 1. The first-order valence-electron chi connectivity index (χ1n) is 21.4. The first-order chi connectivity index (χ1) is 29.0. The van der Waals surface area contributed by atoms with Gasteiger partial charge in [-0.15, -0.1) is 0 Å². The Morgan fingerprint density at radius 2 is 1.53 bits per heavy atom. The summed E-state index contributed by atoms with van der Waals surface area (Å²) in [6.07, 6.45) is 10.4. The predicted octanol–water partition coefficient (Wildman–Crippen LogP) is 7.97. The molecule has 9 rings (SSSR count). The molecule has 0 bridgehead atoms. The number of carbonyl (C=O) groups is 3. The minimum Gasteiger partial charge on any atom is -0.491 e. The Labute approximate surface area is 346 Å². The van der Waals surface area contributed by atoms with Crippen LogP contribution in [0.1, 0.15) is 104 Å². The molecular weight excluding hydrogens is 739 g/mol. The molecular formula is C50H51N3O6. The highest BCUT2D eigenvalue weighted by Gasteiger charge is 2.74. The minimum atomic E-state index is -1.63. The van der Waals surface area contributed by atoms with Gasteiger partial charge < -0.3 is 24.8 Å². The second kappa shape index (κ2) is 16.9. The lowest BCUT2D eigenvalue weighted by Gasteiger charge is -2.46. The molecule has 0 aromatic heterocycles. The fourth-order valence-electron chi connectivity index (χ4n) is 10.4. The number of rotatable bonds is 7. The molecule has 4 aromatic carbocycles. The van der Waals surface area contributed by atoms with Gasteiger partial charge in [0.15, 0.2) is 0 Å². The second-order valence-electron chi connectivity index (χ2n) is 16.4. The van der Waals surface area contributed by atoms with E-state index in [-0.39, 0.29) is 25.0 Å². The van der Waals surface area contributed by atoms with Gasteiger partial charge in [0.05, 0.1) is 24.6 Å². The van der Waals surface area contributed by atoms with Crippen molar-refractivity contribution in [1.82, 2.24) is 9.80 Å². The Kier molecular flexibility index (Phi) is 11.1. The standard InChI is InChI=1S/C50H51N3O6/c54-31-32-58-41-24-14-13-23-38(41)46-50(39-33-35(27-28-40(39)51-49(50)57)26-25-34-17-7-4-8-18-34)42(47(55)52-29-15-2-1-3-16-30-52)44-48(56)59-45(37-21-11-6-12-22-37)43(53(44)46)36-19-9-5-10-20-36/h5-6,9-14,17,19-24,27-28,33,42-46,54H,1-4,7-8,15-16,18,29-32H2,(H,51,57)/t42-,43-,44-,45+,46+,50-/m1/s1. The van der Waals surface area contributed by atoms with Crippen LogP contribution in [0, 0.1) is 17.8 Å². The molecule has 3 saturated heterocycles. The summed E-state index contributed by atoms with van der Waals surface area (Å²) in [5.41, 5.74) is 3.75. The quantitative estimate of drug-likeness (QED) is 0.145. The molecule has 4 heterocycles. The van der Waals surface area contributed by atoms with Crippen LogP contribution in [0.5, 0.6) is 5.75 Å². The summed E-state index contributed by atoms with van der Waals surface area (Å²) in [6.45, 7) is 0.880. The summed E-state index contributed by atoms with van der Waals surface area (Å²) < 4.78 is 12.9. The molecule has 1 spiro atoms. The van der Waals surface area contributed by atoms with E-state index in [9.17, 15) is 5.11 Å². The van der Waals surface area contributed by atoms with Gasteiger partial charge in [-0.25, -0.2) is 0 Å². The number of benzene rings is 4. The molecule has 2 amide bonds. The van der Waals surface area contributed by atoms with Crippen molar-refractivity contribution in [2.45, 2.75) is 87.4 Å². The number of nitrogens with one attached hydrogen (secondary N) is 1. The van der Waals surface area contributed by atoms with Gasteiger partial charge in [-0.1, -0.05) is 116 Å². The number of hydrogen-bond acceptors (Lipinski definition) is 7. The molecule has 0 radical (unpaired) electrons. The molecule has 6 atom stereocenters. The van der Waals surface area contributed by atoms with Gasteiger partial charge in [-0.3, -0.25) is 19.3 Å². The van der Waals surface area contributed by atoms with Crippen molar-refractivity contribution in [3.8, 4) is 17.6 Å². The van der Waals surface area contributed by atoms with Crippen LogP contribution in [0.4, 0.5) is 5.69 Å². The zero-order chi connectivity index (χ0) is 40.3. The summed E-state index contributed by atoms with van der Waals surface area (Å²) in [7, 11) is 0. The van der Waals surface area contributed by atoms with Crippen LogP contribution in [-0.4, -0.2) is 65.0 Å². The van der Waals surface area contributed by atoms with E-state index in [2.05, 4.69) is 28.1 Å². The summed E-state index contributed by atoms with van der Waals surface area (Å²) >= 11 is 0. The van der Waals surface area contributed by atoms with Crippen molar-refractivity contribution < 1.29 is 29.0 Å². The lowest BCUT2D eigenvalue weighted by atomic mass is 9.64. The van der Waals surface area contributed by atoms with Crippen LogP contribution in [-0.2, 0) is 24.5 Å². The van der Waals surface area contributed by atoms with E-state index in [4.69, 9.17) is 9.47 Å². The van der Waals surface area contributed by atoms with E-state index in [0.717, 1.165) is 80.1 Å². The topological polar surface area (TPSA) is 108 Å². The number of cyclic esters (lactones) is 1. The normalized spacial score (nSPS) is 26.6. The number of para-hydroxylation sites is 1. The van der Waals surface area contributed by atoms with Crippen LogP contribution in [0.2, 0.25) is 0 Å². The zero-order valence-electron chi connectivity index (χ0n) is 33.4. The Balaban J connectivity index is 1.33. The number of ether oxygens (including phenoxy) is 2. The number of aliphatic hydroxyl groups excluding tert-OH is 1. The third-order valence-corrected chi connectivity index (χ3v) is 13.0. The predicted molar refractivity (Wildman–Crippen MR) is 225 cm³/mol. The van der Waals surface area contributed by atoms with Gasteiger partial charge >= 0.3 is 5.97 Å². The van der Waals surface area contributed by atoms with E-state index in [1.165, 1.54) is 0 Å². The highest BCUT2D eigenvalue weighted by atomic mass is 16.6. The number of hydrogen-bond donors (Lipinski definition) is 2. The van der Waals surface area contributed by atoms with Gasteiger partial charge in [0.1, 0.15) is 29.9 Å². The summed E-state index contributed by atoms with van der Waals surface area (Å²) in [5.74, 6) is 4.97. The fourth-order valence-corrected chi connectivity index (χ4v) is 10.4. The number of amides is 2. The maximum absolute atomic E-state index is 15.8. The molecule has 1 aliphatic carbocycles. The molecule has 4 aromatic rings. The highest BCUT2D eigenvalue weighted by molar-refractivity contribution is 6.12. The molecule has 4 aliphatic heterocycles. The van der Waals surface area contributed by atoms with Crippen LogP contribution in [0.15, 0.2) is 115 Å². The van der Waals surface area contributed by atoms with Gasteiger partial charge in [0.2, 0.25) is 11.8 Å². The smallest absolute Gasteiger partial charge is 0.324 e. The molecule has 2 N–H and O–H groups in total. The van der Waals surface area contributed by atoms with Crippen molar-refractivity contribution in [3.63, 3.8) is 0 Å². The second-order valence-corrected chi connectivity index (χ2v) is 16.4. The molecule has 9 nitrogen and oxygen atoms in total. The zero-order valence-corrected chi connectivity index (χ0v) is 33.4. The Hall–Kier alpha value is -5.69. The number of aliphatic hydroxyl groups is 1. The van der Waals surface area contributed by atoms with Gasteiger partial charge in [0.25, 0.3) is 0 Å². The van der Waals surface area contributed by atoms with E-state index < -0.39 is 41.5 Å². The van der Waals surface area contributed by atoms with E-state index >= 15 is 14.4 Å². The van der Waals surface area contributed by atoms with Crippen LogP contribution >= 0.6 is 0 Å². The monoisotopic (exact) mass is 789 g/mol. The first kappa shape index (κ1) is 38.8. The molecule has 0 unspecified atom stereocenters. The SMILES string of the molecule is O=C1O[C@@H](c2ccccc2)[C@@H](c2ccccc2)N2[C@@H](c3ccccc3OCCO)[C@]3(C(=O)Nc4ccc(C#CC5=CCCCC5)cc43)[C@@H](C(=O)N3CCCCCCC3)[C@H]12. The molecule has 3 fully saturated rings. The van der Waals surface area contributed by atoms with E-state index in [1.54, 1.807) is 0 Å². The van der Waals surface area contributed by atoms with E-state index in [0.29, 0.717) is 35.7 Å². The third kappa shape index (κ3) is 7.02. The highest BCUT2D eigenvalue weighted by Crippen LogP contribution is 2.66. The van der Waals surface area contributed by atoms with Crippen molar-refractivity contribution in [1.29, 1.82) is 0 Å². The largest absolute Gasteiger partial charge is 0.491 e. The molecule has 59 heavy (non-hydrogen) atoms. The maximum Gasteiger partial charge on any atom is 0.324 e. The van der Waals surface area contributed by atoms with Crippen molar-refractivity contribution in [2.24, 2.45) is 5.92 Å². The summed E-state index contributed by atoms with van der Waals surface area (Å²) in [6, 6.07) is 30.3. The molecule has 302 valence electrons. The number of morpholine rings is 1. The van der Waals surface area contributed by atoms with Crippen LogP contribution < -0.4 is 10.1 Å². The van der Waals surface area contributed by atoms with Crippen molar-refractivity contribution in [2.75, 3.05) is 31.6 Å². The average Bonchev–Trinajstić information content (AvgIpc) is 3.74. The first-order valence-corrected chi connectivity index (χ1v) is 21.4. The van der Waals surface area contributed by atoms with E-state index in [1.807, 2.05) is 108 Å². The van der Waals surface area contributed by atoms with Crippen LogP contribution in [0.3, 0.4) is 0 Å². The number of anilines is 1. The third-order valence-electron chi connectivity index (χ3n) is 13.0. The summed E-state index contributed by atoms with van der Waals surface area (Å²) in [5, 5.41) is 13.2. The molecule has 5 aliphatic rings. The Morgan fingerprint density at radius 3 is 2.25 bits per heavy atom. The Morgan fingerprint density at radius 1 is 0.814 bits per heavy atom. The molecule has 0 saturated carbocycles. The van der Waals surface area contributed by atoms with Gasteiger partial charge in [-0.05, 0) is 85.1 Å². The average molecular weight is 790 g/mol. The van der Waals surface area contributed by atoms with Gasteiger partial charge in [0, 0.05) is 29.9 Å². The molecule has 9 heteroatoms. The number of carbonyl (C=O) groups excluding carboxylic acids is 3. The fraction of sp³-hybridized carbons (Fsp3) is 0.380. The van der Waals surface area contributed by atoms with Crippen LogP contribution in [0.25, 0.3) is 0 Å². The number of nitrogens with zero attached hydrogens (tertiary/aromatic N) is 2. The Bertz CT molecular complexity index is 2290. The van der Waals surface area contributed by atoms with Crippen molar-refractivity contribution in [3.05, 3.63) is 143 Å². The van der Waals surface area contributed by atoms with Gasteiger partial charge in [-0.2, -0.15) is 0 Å². The minimum absolute atomic E-state index is 0.0193. The number of allylic oxidation sites excluding steroid dienone is 2. The lowest BCUT2D eigenvalue weighted by molar-refractivity contribution is -0.179. The number of fused-ring (bicyclic) bond motifs is 3.